The molecular formula is C15H19N3OS. The van der Waals surface area contributed by atoms with Gasteiger partial charge in [-0.05, 0) is 24.1 Å². The molecule has 1 aromatic heterocycles. The van der Waals surface area contributed by atoms with Crippen molar-refractivity contribution < 1.29 is 4.74 Å². The average molecular weight is 289 g/mol. The van der Waals surface area contributed by atoms with E-state index < -0.39 is 0 Å². The highest BCUT2D eigenvalue weighted by atomic mass is 32.2. The van der Waals surface area contributed by atoms with E-state index in [0.717, 1.165) is 35.1 Å². The molecule has 0 spiro atoms. The minimum Gasteiger partial charge on any atom is -0.494 e. The van der Waals surface area contributed by atoms with Crippen LogP contribution in [0.25, 0.3) is 0 Å². The van der Waals surface area contributed by atoms with Crippen LogP contribution in [0.1, 0.15) is 24.9 Å². The number of rotatable bonds is 7. The summed E-state index contributed by atoms with van der Waals surface area (Å²) in [5, 5.41) is 0.894. The van der Waals surface area contributed by atoms with Crippen molar-refractivity contribution in [1.29, 1.82) is 0 Å². The number of hydrogen-bond donors (Lipinski definition) is 1. The molecule has 1 heterocycles. The van der Waals surface area contributed by atoms with Gasteiger partial charge in [-0.25, -0.2) is 4.98 Å². The van der Waals surface area contributed by atoms with Gasteiger partial charge in [0.05, 0.1) is 12.8 Å². The third-order valence-corrected chi connectivity index (χ3v) is 3.76. The van der Waals surface area contributed by atoms with Gasteiger partial charge in [0.25, 0.3) is 0 Å². The van der Waals surface area contributed by atoms with Gasteiger partial charge in [0.1, 0.15) is 10.8 Å². The lowest BCUT2D eigenvalue weighted by Gasteiger charge is -2.12. The molecule has 0 aliphatic heterocycles. The molecule has 20 heavy (non-hydrogen) atoms. The van der Waals surface area contributed by atoms with Crippen molar-refractivity contribution in [2.75, 3.05) is 12.4 Å². The summed E-state index contributed by atoms with van der Waals surface area (Å²) in [4.78, 5) is 8.25. The number of hydrogen-bond acceptors (Lipinski definition) is 5. The second-order valence-corrected chi connectivity index (χ2v) is 5.42. The summed E-state index contributed by atoms with van der Waals surface area (Å²) in [6, 6.07) is 7.96. The Labute approximate surface area is 123 Å². The maximum Gasteiger partial charge on any atom is 0.119 e. The smallest absolute Gasteiger partial charge is 0.119 e. The van der Waals surface area contributed by atoms with E-state index in [4.69, 9.17) is 10.5 Å². The Kier molecular flexibility index (Phi) is 5.83. The highest BCUT2D eigenvalue weighted by molar-refractivity contribution is 7.99. The van der Waals surface area contributed by atoms with E-state index in [1.54, 1.807) is 30.4 Å². The first-order chi connectivity index (χ1) is 9.79. The lowest BCUT2D eigenvalue weighted by Crippen LogP contribution is -2.13. The molecule has 4 nitrogen and oxygen atoms in total. The highest BCUT2D eigenvalue weighted by Crippen LogP contribution is 2.22. The van der Waals surface area contributed by atoms with Crippen LogP contribution in [0.2, 0.25) is 0 Å². The molecule has 1 aromatic carbocycles. The predicted octanol–water partition coefficient (Wildman–Crippen LogP) is 3.06. The standard InChI is InChI=1S/C15H19N3OS/c1-2-9-19-13-5-3-12(4-6-13)14(16)11-20-15-10-17-7-8-18-15/h3-8,10,14H,2,9,11,16H2,1H3. The average Bonchev–Trinajstić information content (AvgIpc) is 2.52. The minimum atomic E-state index is -0.0257. The van der Waals surface area contributed by atoms with Crippen LogP contribution in [0.4, 0.5) is 0 Å². The van der Waals surface area contributed by atoms with E-state index in [-0.39, 0.29) is 6.04 Å². The Morgan fingerprint density at radius 1 is 1.25 bits per heavy atom. The summed E-state index contributed by atoms with van der Waals surface area (Å²) < 4.78 is 5.55. The monoisotopic (exact) mass is 289 g/mol. The zero-order valence-corrected chi connectivity index (χ0v) is 12.3. The van der Waals surface area contributed by atoms with Crippen LogP contribution in [-0.4, -0.2) is 22.3 Å². The fourth-order valence-electron chi connectivity index (χ4n) is 1.66. The van der Waals surface area contributed by atoms with E-state index in [1.165, 1.54) is 0 Å². The third-order valence-electron chi connectivity index (χ3n) is 2.73. The molecule has 0 radical (unpaired) electrons. The summed E-state index contributed by atoms with van der Waals surface area (Å²) in [6.45, 7) is 2.84. The van der Waals surface area contributed by atoms with Gasteiger partial charge in [-0.3, -0.25) is 4.98 Å². The van der Waals surface area contributed by atoms with Crippen LogP contribution in [0, 0.1) is 0 Å². The molecule has 0 saturated carbocycles. The molecular weight excluding hydrogens is 270 g/mol. The van der Waals surface area contributed by atoms with E-state index in [9.17, 15) is 0 Å². The van der Waals surface area contributed by atoms with Gasteiger partial charge in [0.15, 0.2) is 0 Å². The molecule has 5 heteroatoms. The molecule has 106 valence electrons. The zero-order chi connectivity index (χ0) is 14.2. The van der Waals surface area contributed by atoms with E-state index in [2.05, 4.69) is 16.9 Å². The summed E-state index contributed by atoms with van der Waals surface area (Å²) in [5.41, 5.74) is 7.29. The fourth-order valence-corrected chi connectivity index (χ4v) is 2.48. The SMILES string of the molecule is CCCOc1ccc(C(N)CSc2cnccn2)cc1. The van der Waals surface area contributed by atoms with Crippen LogP contribution in [-0.2, 0) is 0 Å². The normalized spacial score (nSPS) is 12.1. The van der Waals surface area contributed by atoms with Crippen LogP contribution < -0.4 is 10.5 Å². The Hall–Kier alpha value is -1.59. The Morgan fingerprint density at radius 3 is 2.70 bits per heavy atom. The first-order valence-electron chi connectivity index (χ1n) is 6.66. The van der Waals surface area contributed by atoms with E-state index in [0.29, 0.717) is 0 Å². The summed E-state index contributed by atoms with van der Waals surface area (Å²) in [7, 11) is 0. The van der Waals surface area contributed by atoms with Crippen molar-refractivity contribution in [3.05, 3.63) is 48.4 Å². The van der Waals surface area contributed by atoms with E-state index in [1.807, 2.05) is 24.3 Å². The number of aromatic nitrogens is 2. The van der Waals surface area contributed by atoms with Gasteiger partial charge in [0.2, 0.25) is 0 Å². The lowest BCUT2D eigenvalue weighted by atomic mass is 10.1. The molecule has 0 aliphatic rings. The summed E-state index contributed by atoms with van der Waals surface area (Å²) in [5.74, 6) is 1.66. The quantitative estimate of drug-likeness (QED) is 0.794. The molecule has 0 amide bonds. The molecule has 1 atom stereocenters. The molecule has 2 N–H and O–H groups in total. The van der Waals surface area contributed by atoms with Crippen molar-refractivity contribution in [3.8, 4) is 5.75 Å². The Balaban J connectivity index is 1.87. The van der Waals surface area contributed by atoms with Gasteiger partial charge < -0.3 is 10.5 Å². The lowest BCUT2D eigenvalue weighted by molar-refractivity contribution is 0.317. The van der Waals surface area contributed by atoms with Crippen LogP contribution in [0.3, 0.4) is 0 Å². The van der Waals surface area contributed by atoms with Crippen molar-refractivity contribution in [2.45, 2.75) is 24.4 Å². The molecule has 0 aliphatic carbocycles. The second kappa shape index (κ2) is 7.87. The summed E-state index contributed by atoms with van der Waals surface area (Å²) in [6.07, 6.45) is 6.11. The Bertz CT molecular complexity index is 504. The molecule has 2 rings (SSSR count). The van der Waals surface area contributed by atoms with Gasteiger partial charge in [-0.15, -0.1) is 11.8 Å². The molecule has 2 aromatic rings. The number of benzene rings is 1. The zero-order valence-electron chi connectivity index (χ0n) is 11.5. The van der Waals surface area contributed by atoms with Crippen LogP contribution in [0.15, 0.2) is 47.9 Å². The number of nitrogens with zero attached hydrogens (tertiary/aromatic N) is 2. The van der Waals surface area contributed by atoms with Crippen LogP contribution >= 0.6 is 11.8 Å². The maximum absolute atomic E-state index is 6.18. The highest BCUT2D eigenvalue weighted by Gasteiger charge is 2.07. The number of thioether (sulfide) groups is 1. The number of ether oxygens (including phenoxy) is 1. The maximum atomic E-state index is 6.18. The number of nitrogens with two attached hydrogens (primary N) is 1. The molecule has 0 bridgehead atoms. The second-order valence-electron chi connectivity index (χ2n) is 4.38. The van der Waals surface area contributed by atoms with Gasteiger partial charge in [-0.2, -0.15) is 0 Å². The summed E-state index contributed by atoms with van der Waals surface area (Å²) >= 11 is 1.61. The fraction of sp³-hybridized carbons (Fsp3) is 0.333. The predicted molar refractivity (Wildman–Crippen MR) is 81.9 cm³/mol. The van der Waals surface area contributed by atoms with Crippen molar-refractivity contribution in [3.63, 3.8) is 0 Å². The van der Waals surface area contributed by atoms with E-state index >= 15 is 0 Å². The van der Waals surface area contributed by atoms with Gasteiger partial charge >= 0.3 is 0 Å². The molecule has 0 fully saturated rings. The van der Waals surface area contributed by atoms with Crippen molar-refractivity contribution in [2.24, 2.45) is 5.73 Å². The van der Waals surface area contributed by atoms with Gasteiger partial charge in [-0.1, -0.05) is 19.1 Å². The first kappa shape index (κ1) is 14.8. The molecule has 1 unspecified atom stereocenters. The first-order valence-corrected chi connectivity index (χ1v) is 7.65. The van der Waals surface area contributed by atoms with Crippen molar-refractivity contribution in [1.82, 2.24) is 9.97 Å². The topological polar surface area (TPSA) is 61.0 Å². The van der Waals surface area contributed by atoms with Crippen molar-refractivity contribution >= 4 is 11.8 Å². The van der Waals surface area contributed by atoms with Gasteiger partial charge in [0, 0.05) is 24.2 Å². The minimum absolute atomic E-state index is 0.0257. The largest absolute Gasteiger partial charge is 0.494 e. The third kappa shape index (κ3) is 4.51. The Morgan fingerprint density at radius 2 is 2.05 bits per heavy atom. The van der Waals surface area contributed by atoms with Crippen LogP contribution in [0.5, 0.6) is 5.75 Å². The molecule has 0 saturated heterocycles.